The minimum atomic E-state index is -4.14. The van der Waals surface area contributed by atoms with Crippen LogP contribution in [0.15, 0.2) is 59.5 Å². The number of rotatable bonds is 6. The summed E-state index contributed by atoms with van der Waals surface area (Å²) in [5.41, 5.74) is 1.25. The van der Waals surface area contributed by atoms with Crippen molar-refractivity contribution >= 4 is 16.1 Å². The van der Waals surface area contributed by atoms with Gasteiger partial charge in [-0.05, 0) is 24.6 Å². The number of nitrogens with zero attached hydrogens (tertiary/aromatic N) is 1. The summed E-state index contributed by atoms with van der Waals surface area (Å²) in [6.45, 7) is 3.07. The molecule has 2 atom stereocenters. The lowest BCUT2D eigenvalue weighted by Crippen LogP contribution is -2.36. The summed E-state index contributed by atoms with van der Waals surface area (Å²) < 4.78 is 31.3. The number of aryl methyl sites for hydroxylation is 1. The molecule has 0 radical (unpaired) electrons. The van der Waals surface area contributed by atoms with Gasteiger partial charge in [0.15, 0.2) is 6.10 Å². The van der Waals surface area contributed by atoms with Crippen molar-refractivity contribution in [3.8, 4) is 0 Å². The third kappa shape index (κ3) is 4.79. The summed E-state index contributed by atoms with van der Waals surface area (Å²) in [4.78, 5) is 22.5. The van der Waals surface area contributed by atoms with Crippen LogP contribution in [0, 0.1) is 17.0 Å². The second-order valence-electron chi connectivity index (χ2n) is 5.68. The number of amides is 1. The summed E-state index contributed by atoms with van der Waals surface area (Å²) in [5.74, 6) is 0. The molecule has 0 saturated heterocycles. The number of hydrogen-bond donors (Lipinski definition) is 1. The van der Waals surface area contributed by atoms with Gasteiger partial charge >= 0.3 is 6.09 Å². The Morgan fingerprint density at radius 1 is 1.12 bits per heavy atom. The molecule has 0 aliphatic rings. The number of nitrogens with one attached hydrogen (secondary N) is 1. The summed E-state index contributed by atoms with van der Waals surface area (Å²) in [7, 11) is -4.14. The first-order valence-electron chi connectivity index (χ1n) is 7.69. The Kier molecular flexibility index (Phi) is 5.93. The van der Waals surface area contributed by atoms with Crippen LogP contribution in [-0.4, -0.2) is 25.5 Å². The highest BCUT2D eigenvalue weighted by Crippen LogP contribution is 2.23. The third-order valence-electron chi connectivity index (χ3n) is 3.68. The van der Waals surface area contributed by atoms with Gasteiger partial charge in [-0.3, -0.25) is 10.1 Å². The van der Waals surface area contributed by atoms with Gasteiger partial charge in [0.25, 0.3) is 16.1 Å². The van der Waals surface area contributed by atoms with Crippen molar-refractivity contribution in [1.82, 2.24) is 4.72 Å². The molecule has 2 aromatic carbocycles. The number of carbonyl (C=O) groups excluding carboxylic acids is 1. The maximum atomic E-state index is 12.2. The van der Waals surface area contributed by atoms with Gasteiger partial charge in [-0.2, -0.15) is 0 Å². The summed E-state index contributed by atoms with van der Waals surface area (Å²) >= 11 is 0. The van der Waals surface area contributed by atoms with Gasteiger partial charge in [0.05, 0.1) is 4.90 Å². The predicted molar refractivity (Wildman–Crippen MR) is 93.6 cm³/mol. The van der Waals surface area contributed by atoms with Gasteiger partial charge in [0.1, 0.15) is 0 Å². The lowest BCUT2D eigenvalue weighted by Gasteiger charge is -2.19. The van der Waals surface area contributed by atoms with Crippen LogP contribution in [0.2, 0.25) is 0 Å². The van der Waals surface area contributed by atoms with Crippen LogP contribution in [0.1, 0.15) is 24.2 Å². The predicted octanol–water partition coefficient (Wildman–Crippen LogP) is 2.82. The number of nitro groups is 1. The normalized spacial score (nSPS) is 13.5. The van der Waals surface area contributed by atoms with E-state index in [4.69, 9.17) is 4.74 Å². The lowest BCUT2D eigenvalue weighted by molar-refractivity contribution is -0.530. The van der Waals surface area contributed by atoms with Gasteiger partial charge in [-0.1, -0.05) is 48.0 Å². The molecule has 2 rings (SSSR count). The first-order valence-corrected chi connectivity index (χ1v) is 9.17. The molecule has 9 heteroatoms. The molecule has 0 spiro atoms. The fraction of sp³-hybridized carbons (Fsp3) is 0.235. The topological polar surface area (TPSA) is 116 Å². The third-order valence-corrected chi connectivity index (χ3v) is 5.01. The number of ether oxygens (including phenoxy) is 1. The molecule has 8 nitrogen and oxygen atoms in total. The van der Waals surface area contributed by atoms with Crippen LogP contribution < -0.4 is 4.72 Å². The zero-order valence-corrected chi connectivity index (χ0v) is 15.0. The number of carbonyl (C=O) groups is 1. The number of benzene rings is 2. The first kappa shape index (κ1) is 19.4. The minimum Gasteiger partial charge on any atom is -0.433 e. The fourth-order valence-electron chi connectivity index (χ4n) is 2.22. The van der Waals surface area contributed by atoms with Gasteiger partial charge in [0, 0.05) is 11.8 Å². The van der Waals surface area contributed by atoms with E-state index in [1.807, 2.05) is 0 Å². The van der Waals surface area contributed by atoms with Gasteiger partial charge in [0.2, 0.25) is 0 Å². The van der Waals surface area contributed by atoms with Crippen molar-refractivity contribution in [2.45, 2.75) is 30.9 Å². The molecule has 2 unspecified atom stereocenters. The van der Waals surface area contributed by atoms with Crippen molar-refractivity contribution < 1.29 is 22.9 Å². The maximum absolute atomic E-state index is 12.2. The molecule has 0 bridgehead atoms. The van der Waals surface area contributed by atoms with E-state index in [1.54, 1.807) is 54.1 Å². The van der Waals surface area contributed by atoms with Crippen molar-refractivity contribution in [1.29, 1.82) is 0 Å². The van der Waals surface area contributed by atoms with E-state index in [9.17, 15) is 23.3 Å². The first-order chi connectivity index (χ1) is 12.2. The SMILES string of the molecule is Cc1ccc(S(=O)(=O)NC(=O)OC(c2ccccc2)C(C)[N+](=O)[O-])cc1. The molecule has 0 heterocycles. The summed E-state index contributed by atoms with van der Waals surface area (Å²) in [5, 5.41) is 11.1. The lowest BCUT2D eigenvalue weighted by atomic mass is 10.0. The second-order valence-corrected chi connectivity index (χ2v) is 7.36. The van der Waals surface area contributed by atoms with Crippen molar-refractivity contribution in [3.05, 3.63) is 75.8 Å². The Morgan fingerprint density at radius 3 is 2.23 bits per heavy atom. The van der Waals surface area contributed by atoms with E-state index in [-0.39, 0.29) is 4.90 Å². The molecular weight excluding hydrogens is 360 g/mol. The molecule has 0 aliphatic heterocycles. The van der Waals surface area contributed by atoms with E-state index in [2.05, 4.69) is 0 Å². The molecule has 0 aromatic heterocycles. The van der Waals surface area contributed by atoms with Crippen LogP contribution in [0.25, 0.3) is 0 Å². The van der Waals surface area contributed by atoms with E-state index >= 15 is 0 Å². The van der Waals surface area contributed by atoms with E-state index in [0.717, 1.165) is 5.56 Å². The van der Waals surface area contributed by atoms with Crippen molar-refractivity contribution in [2.24, 2.45) is 0 Å². The van der Waals surface area contributed by atoms with Gasteiger partial charge in [-0.15, -0.1) is 0 Å². The molecule has 0 fully saturated rings. The maximum Gasteiger partial charge on any atom is 0.422 e. The quantitative estimate of drug-likeness (QED) is 0.610. The average molecular weight is 378 g/mol. The summed E-state index contributed by atoms with van der Waals surface area (Å²) in [6.07, 6.45) is -2.52. The fourth-order valence-corrected chi connectivity index (χ4v) is 3.10. The zero-order chi connectivity index (χ0) is 19.3. The van der Waals surface area contributed by atoms with Crippen LogP contribution in [0.5, 0.6) is 0 Å². The molecule has 1 N–H and O–H groups in total. The van der Waals surface area contributed by atoms with Crippen LogP contribution in [-0.2, 0) is 14.8 Å². The second kappa shape index (κ2) is 7.96. The smallest absolute Gasteiger partial charge is 0.422 e. The number of hydrogen-bond acceptors (Lipinski definition) is 6. The molecule has 138 valence electrons. The monoisotopic (exact) mass is 378 g/mol. The Labute approximate surface area is 151 Å². The van der Waals surface area contributed by atoms with Crippen LogP contribution in [0.3, 0.4) is 0 Å². The van der Waals surface area contributed by atoms with Crippen LogP contribution in [0.4, 0.5) is 4.79 Å². The van der Waals surface area contributed by atoms with Gasteiger partial charge < -0.3 is 4.74 Å². The molecule has 0 saturated carbocycles. The Bertz CT molecular complexity index is 881. The number of sulfonamides is 1. The molecule has 2 aromatic rings. The largest absolute Gasteiger partial charge is 0.433 e. The Morgan fingerprint density at radius 2 is 1.69 bits per heavy atom. The van der Waals surface area contributed by atoms with Gasteiger partial charge in [-0.25, -0.2) is 17.9 Å². The standard InChI is InChI=1S/C17H18N2O6S/c1-12-8-10-15(11-9-12)26(23,24)18-17(20)25-16(13(2)19(21)22)14-6-4-3-5-7-14/h3-11,13,16H,1-2H3,(H,18,20). The Balaban J connectivity index is 2.19. The Hall–Kier alpha value is -2.94. The van der Waals surface area contributed by atoms with Crippen molar-refractivity contribution in [2.75, 3.05) is 0 Å². The highest BCUT2D eigenvalue weighted by Gasteiger charge is 2.33. The average Bonchev–Trinajstić information content (AvgIpc) is 2.59. The minimum absolute atomic E-state index is 0.112. The molecule has 26 heavy (non-hydrogen) atoms. The van der Waals surface area contributed by atoms with Crippen molar-refractivity contribution in [3.63, 3.8) is 0 Å². The van der Waals surface area contributed by atoms with Crippen LogP contribution >= 0.6 is 0 Å². The van der Waals surface area contributed by atoms with E-state index in [0.29, 0.717) is 5.56 Å². The highest BCUT2D eigenvalue weighted by molar-refractivity contribution is 7.90. The van der Waals surface area contributed by atoms with E-state index in [1.165, 1.54) is 19.1 Å². The zero-order valence-electron chi connectivity index (χ0n) is 14.2. The summed E-state index contributed by atoms with van der Waals surface area (Å²) in [6, 6.07) is 12.7. The molecule has 0 aliphatic carbocycles. The van der Waals surface area contributed by atoms with E-state index < -0.39 is 33.2 Å². The highest BCUT2D eigenvalue weighted by atomic mass is 32.2. The molecule has 1 amide bonds. The molecular formula is C17H18N2O6S.